The highest BCUT2D eigenvalue weighted by atomic mass is 16.4. The van der Waals surface area contributed by atoms with Crippen LogP contribution >= 0.6 is 0 Å². The van der Waals surface area contributed by atoms with Gasteiger partial charge in [-0.05, 0) is 29.3 Å². The Morgan fingerprint density at radius 1 is 0.800 bits per heavy atom. The summed E-state index contributed by atoms with van der Waals surface area (Å²) in [7, 11) is 0. The molecule has 0 bridgehead atoms. The van der Waals surface area contributed by atoms with Gasteiger partial charge in [0, 0.05) is 0 Å². The molecule has 2 aromatic carbocycles. The fourth-order valence-corrected chi connectivity index (χ4v) is 1.76. The molecular formula is C16H12O4. The molecule has 0 radical (unpaired) electrons. The monoisotopic (exact) mass is 268 g/mol. The minimum atomic E-state index is -0.980. The fraction of sp³-hybridized carbons (Fsp3) is 0. The molecule has 4 heteroatoms. The molecule has 2 rings (SSSR count). The zero-order valence-corrected chi connectivity index (χ0v) is 10.5. The molecule has 20 heavy (non-hydrogen) atoms. The minimum absolute atomic E-state index is 0.216. The van der Waals surface area contributed by atoms with E-state index in [1.165, 1.54) is 18.2 Å². The van der Waals surface area contributed by atoms with E-state index in [0.717, 1.165) is 5.56 Å². The summed E-state index contributed by atoms with van der Waals surface area (Å²) in [5, 5.41) is 17.9. The van der Waals surface area contributed by atoms with Crippen molar-refractivity contribution in [2.45, 2.75) is 0 Å². The molecule has 4 nitrogen and oxygen atoms in total. The lowest BCUT2D eigenvalue weighted by atomic mass is 10.1. The Morgan fingerprint density at radius 2 is 1.45 bits per heavy atom. The molecule has 2 aromatic rings. The number of aromatic carboxylic acids is 2. The van der Waals surface area contributed by atoms with E-state index in [2.05, 4.69) is 0 Å². The van der Waals surface area contributed by atoms with Crippen LogP contribution in [0, 0.1) is 0 Å². The highest BCUT2D eigenvalue weighted by molar-refractivity contribution is 5.93. The summed E-state index contributed by atoms with van der Waals surface area (Å²) >= 11 is 0. The number of rotatable bonds is 4. The summed E-state index contributed by atoms with van der Waals surface area (Å²) in [5.41, 5.74) is 1.84. The highest BCUT2D eigenvalue weighted by Crippen LogP contribution is 2.14. The van der Waals surface area contributed by atoms with E-state index in [4.69, 9.17) is 10.2 Å². The molecular weight excluding hydrogens is 256 g/mol. The van der Waals surface area contributed by atoms with Crippen LogP contribution in [-0.4, -0.2) is 22.2 Å². The molecule has 0 aliphatic heterocycles. The van der Waals surface area contributed by atoms with Crippen molar-refractivity contribution in [3.05, 3.63) is 70.8 Å². The standard InChI is InChI=1S/C16H12O4/c17-15(18)13-9-6-11(7-10-13)5-8-12-3-1-2-4-14(12)16(19)20/h1-10H,(H,17,18)(H,19,20)/b8-5-. The molecule has 0 saturated heterocycles. The molecule has 0 aromatic heterocycles. The lowest BCUT2D eigenvalue weighted by Crippen LogP contribution is -1.98. The molecule has 0 spiro atoms. The second-order valence-electron chi connectivity index (χ2n) is 4.15. The smallest absolute Gasteiger partial charge is 0.336 e. The average Bonchev–Trinajstić information content (AvgIpc) is 2.45. The van der Waals surface area contributed by atoms with E-state index in [1.807, 2.05) is 0 Å². The third-order valence-corrected chi connectivity index (χ3v) is 2.80. The Morgan fingerprint density at radius 3 is 2.05 bits per heavy atom. The fourth-order valence-electron chi connectivity index (χ4n) is 1.76. The molecule has 0 saturated carbocycles. The normalized spacial score (nSPS) is 10.6. The second-order valence-corrected chi connectivity index (χ2v) is 4.15. The van der Waals surface area contributed by atoms with Crippen molar-refractivity contribution >= 4 is 24.1 Å². The molecule has 0 fully saturated rings. The average molecular weight is 268 g/mol. The van der Waals surface area contributed by atoms with Crippen LogP contribution in [0.4, 0.5) is 0 Å². The zero-order valence-electron chi connectivity index (χ0n) is 10.5. The van der Waals surface area contributed by atoms with Crippen molar-refractivity contribution in [3.63, 3.8) is 0 Å². The maximum absolute atomic E-state index is 11.1. The van der Waals surface area contributed by atoms with Gasteiger partial charge < -0.3 is 10.2 Å². The molecule has 0 unspecified atom stereocenters. The number of carbonyl (C=O) groups is 2. The lowest BCUT2D eigenvalue weighted by Gasteiger charge is -2.00. The Bertz CT molecular complexity index is 669. The molecule has 0 aliphatic rings. The summed E-state index contributed by atoms with van der Waals surface area (Å²) in [5.74, 6) is -1.96. The Kier molecular flexibility index (Phi) is 3.96. The van der Waals surface area contributed by atoms with Crippen LogP contribution < -0.4 is 0 Å². The number of carboxylic acid groups (broad SMARTS) is 2. The van der Waals surface area contributed by atoms with Crippen molar-refractivity contribution in [1.82, 2.24) is 0 Å². The van der Waals surface area contributed by atoms with Crippen LogP contribution in [0.2, 0.25) is 0 Å². The van der Waals surface area contributed by atoms with E-state index < -0.39 is 11.9 Å². The molecule has 100 valence electrons. The van der Waals surface area contributed by atoms with Crippen molar-refractivity contribution in [2.75, 3.05) is 0 Å². The van der Waals surface area contributed by atoms with Crippen LogP contribution in [0.5, 0.6) is 0 Å². The van der Waals surface area contributed by atoms with Gasteiger partial charge in [0.2, 0.25) is 0 Å². The van der Waals surface area contributed by atoms with Gasteiger partial charge in [-0.15, -0.1) is 0 Å². The Hall–Kier alpha value is -2.88. The third kappa shape index (κ3) is 3.11. The van der Waals surface area contributed by atoms with Crippen molar-refractivity contribution < 1.29 is 19.8 Å². The van der Waals surface area contributed by atoms with Gasteiger partial charge in [0.05, 0.1) is 11.1 Å². The SMILES string of the molecule is O=C(O)c1ccc(/C=C\c2ccccc2C(=O)O)cc1. The third-order valence-electron chi connectivity index (χ3n) is 2.80. The largest absolute Gasteiger partial charge is 0.478 e. The van der Waals surface area contributed by atoms with E-state index in [0.29, 0.717) is 5.56 Å². The summed E-state index contributed by atoms with van der Waals surface area (Å²) in [6, 6.07) is 13.0. The van der Waals surface area contributed by atoms with Crippen LogP contribution in [0.1, 0.15) is 31.8 Å². The summed E-state index contributed by atoms with van der Waals surface area (Å²) in [4.78, 5) is 21.8. The van der Waals surface area contributed by atoms with Crippen molar-refractivity contribution in [2.24, 2.45) is 0 Å². The van der Waals surface area contributed by atoms with Crippen molar-refractivity contribution in [3.8, 4) is 0 Å². The van der Waals surface area contributed by atoms with Gasteiger partial charge in [0.15, 0.2) is 0 Å². The van der Waals surface area contributed by atoms with Gasteiger partial charge in [0.25, 0.3) is 0 Å². The van der Waals surface area contributed by atoms with Crippen molar-refractivity contribution in [1.29, 1.82) is 0 Å². The van der Waals surface area contributed by atoms with Crippen LogP contribution in [0.3, 0.4) is 0 Å². The Balaban J connectivity index is 2.25. The predicted octanol–water partition coefficient (Wildman–Crippen LogP) is 3.25. The molecule has 0 amide bonds. The summed E-state index contributed by atoms with van der Waals surface area (Å²) in [6.07, 6.45) is 3.44. The summed E-state index contributed by atoms with van der Waals surface area (Å²) < 4.78 is 0. The predicted molar refractivity (Wildman–Crippen MR) is 75.7 cm³/mol. The van der Waals surface area contributed by atoms with Crippen LogP contribution in [0.25, 0.3) is 12.2 Å². The Labute approximate surface area is 115 Å². The quantitative estimate of drug-likeness (QED) is 0.835. The maximum Gasteiger partial charge on any atom is 0.336 e. The van der Waals surface area contributed by atoms with Gasteiger partial charge in [-0.1, -0.05) is 42.5 Å². The van der Waals surface area contributed by atoms with Gasteiger partial charge >= 0.3 is 11.9 Å². The number of hydrogen-bond acceptors (Lipinski definition) is 2. The van der Waals surface area contributed by atoms with Gasteiger partial charge in [-0.3, -0.25) is 0 Å². The summed E-state index contributed by atoms with van der Waals surface area (Å²) in [6.45, 7) is 0. The first-order valence-corrected chi connectivity index (χ1v) is 5.91. The first-order chi connectivity index (χ1) is 9.58. The second kappa shape index (κ2) is 5.84. The molecule has 2 N–H and O–H groups in total. The molecule has 0 atom stereocenters. The first-order valence-electron chi connectivity index (χ1n) is 5.91. The van der Waals surface area contributed by atoms with Gasteiger partial charge in [-0.25, -0.2) is 9.59 Å². The van der Waals surface area contributed by atoms with Gasteiger partial charge in [0.1, 0.15) is 0 Å². The van der Waals surface area contributed by atoms with Crippen LogP contribution in [-0.2, 0) is 0 Å². The molecule has 0 heterocycles. The van der Waals surface area contributed by atoms with Crippen LogP contribution in [0.15, 0.2) is 48.5 Å². The zero-order chi connectivity index (χ0) is 14.5. The number of benzene rings is 2. The van der Waals surface area contributed by atoms with E-state index in [9.17, 15) is 9.59 Å². The number of hydrogen-bond donors (Lipinski definition) is 2. The minimum Gasteiger partial charge on any atom is -0.478 e. The van der Waals surface area contributed by atoms with E-state index in [-0.39, 0.29) is 11.1 Å². The topological polar surface area (TPSA) is 74.6 Å². The molecule has 0 aliphatic carbocycles. The van der Waals surface area contributed by atoms with E-state index >= 15 is 0 Å². The maximum atomic E-state index is 11.1. The highest BCUT2D eigenvalue weighted by Gasteiger charge is 2.06. The van der Waals surface area contributed by atoms with Gasteiger partial charge in [-0.2, -0.15) is 0 Å². The van der Waals surface area contributed by atoms with E-state index in [1.54, 1.807) is 42.5 Å². The number of carboxylic acids is 2. The lowest BCUT2D eigenvalue weighted by molar-refractivity contribution is 0.0686. The first kappa shape index (κ1) is 13.5.